The lowest BCUT2D eigenvalue weighted by Gasteiger charge is -2.22. The smallest absolute Gasteiger partial charge is 0.240 e. The standard InChI is InChI=1S/C17H29N3O3S/c1-4-20(5-2)11-9-15(13-21)18-24(22,23)16-7-6-14-8-10-19(3)17(14)12-16/h6-7,12,15,18,21H,4-5,8-11,13H2,1-3H3/t15-/m1/s1. The molecule has 1 aliphatic heterocycles. The average Bonchev–Trinajstić information content (AvgIpc) is 2.95. The Balaban J connectivity index is 2.08. The minimum Gasteiger partial charge on any atom is -0.395 e. The second-order valence-corrected chi connectivity index (χ2v) is 7.99. The highest BCUT2D eigenvalue weighted by Gasteiger charge is 2.23. The summed E-state index contributed by atoms with van der Waals surface area (Å²) in [5, 5.41) is 9.54. The summed E-state index contributed by atoms with van der Waals surface area (Å²) in [6.07, 6.45) is 1.53. The maximum absolute atomic E-state index is 12.6. The van der Waals surface area contributed by atoms with Gasteiger partial charge in [0.2, 0.25) is 10.0 Å². The molecule has 1 aliphatic rings. The zero-order valence-corrected chi connectivity index (χ0v) is 15.6. The van der Waals surface area contributed by atoms with Gasteiger partial charge in [0, 0.05) is 25.3 Å². The number of nitrogens with zero attached hydrogens (tertiary/aromatic N) is 2. The molecule has 24 heavy (non-hydrogen) atoms. The summed E-state index contributed by atoms with van der Waals surface area (Å²) in [5.74, 6) is 0. The first kappa shape index (κ1) is 19.2. The number of nitrogens with one attached hydrogen (secondary N) is 1. The lowest BCUT2D eigenvalue weighted by Crippen LogP contribution is -2.40. The van der Waals surface area contributed by atoms with Gasteiger partial charge in [0.1, 0.15) is 0 Å². The van der Waals surface area contributed by atoms with Gasteiger partial charge < -0.3 is 14.9 Å². The van der Waals surface area contributed by atoms with Crippen LogP contribution in [-0.2, 0) is 16.4 Å². The Hall–Kier alpha value is -1.15. The molecule has 0 fully saturated rings. The first-order valence-corrected chi connectivity index (χ1v) is 10.1. The Morgan fingerprint density at radius 1 is 1.33 bits per heavy atom. The van der Waals surface area contributed by atoms with Gasteiger partial charge in [-0.15, -0.1) is 0 Å². The highest BCUT2D eigenvalue weighted by Crippen LogP contribution is 2.29. The number of aliphatic hydroxyl groups is 1. The van der Waals surface area contributed by atoms with Gasteiger partial charge in [-0.2, -0.15) is 0 Å². The van der Waals surface area contributed by atoms with Crippen molar-refractivity contribution in [1.82, 2.24) is 9.62 Å². The molecule has 0 saturated carbocycles. The molecule has 0 unspecified atom stereocenters. The molecule has 0 radical (unpaired) electrons. The van der Waals surface area contributed by atoms with Crippen LogP contribution in [0.3, 0.4) is 0 Å². The quantitative estimate of drug-likeness (QED) is 0.693. The minimum absolute atomic E-state index is 0.203. The Morgan fingerprint density at radius 3 is 2.67 bits per heavy atom. The number of hydrogen-bond acceptors (Lipinski definition) is 5. The highest BCUT2D eigenvalue weighted by molar-refractivity contribution is 7.89. The zero-order chi connectivity index (χ0) is 17.7. The van der Waals surface area contributed by atoms with Crippen molar-refractivity contribution in [3.63, 3.8) is 0 Å². The molecule has 136 valence electrons. The van der Waals surface area contributed by atoms with Crippen molar-refractivity contribution in [3.05, 3.63) is 23.8 Å². The van der Waals surface area contributed by atoms with Gasteiger partial charge in [0.25, 0.3) is 0 Å². The van der Waals surface area contributed by atoms with E-state index in [0.29, 0.717) is 6.42 Å². The molecule has 0 spiro atoms. The van der Waals surface area contributed by atoms with Crippen molar-refractivity contribution < 1.29 is 13.5 Å². The number of fused-ring (bicyclic) bond motifs is 1. The van der Waals surface area contributed by atoms with Crippen LogP contribution < -0.4 is 9.62 Å². The number of benzene rings is 1. The largest absolute Gasteiger partial charge is 0.395 e. The first-order valence-electron chi connectivity index (χ1n) is 8.60. The fourth-order valence-electron chi connectivity index (χ4n) is 3.04. The molecule has 0 saturated heterocycles. The molecular weight excluding hydrogens is 326 g/mol. The second-order valence-electron chi connectivity index (χ2n) is 6.28. The van der Waals surface area contributed by atoms with E-state index in [-0.39, 0.29) is 11.5 Å². The van der Waals surface area contributed by atoms with Crippen LogP contribution in [-0.4, -0.2) is 64.3 Å². The van der Waals surface area contributed by atoms with Crippen molar-refractivity contribution in [2.45, 2.75) is 37.6 Å². The SMILES string of the molecule is CCN(CC)CC[C@H](CO)NS(=O)(=O)c1ccc2c(c1)N(C)CC2. The molecule has 1 aromatic rings. The maximum Gasteiger partial charge on any atom is 0.240 e. The predicted octanol–water partition coefficient (Wildman–Crippen LogP) is 1.05. The molecule has 0 amide bonds. The molecule has 0 bridgehead atoms. The molecular formula is C17H29N3O3S. The van der Waals surface area contributed by atoms with Crippen LogP contribution in [0.5, 0.6) is 0 Å². The fourth-order valence-corrected chi connectivity index (χ4v) is 4.32. The number of anilines is 1. The molecule has 1 atom stereocenters. The van der Waals surface area contributed by atoms with Crippen molar-refractivity contribution in [3.8, 4) is 0 Å². The molecule has 0 aliphatic carbocycles. The van der Waals surface area contributed by atoms with Crippen molar-refractivity contribution in [1.29, 1.82) is 0 Å². The topological polar surface area (TPSA) is 72.9 Å². The van der Waals surface area contributed by atoms with Crippen molar-refractivity contribution in [2.24, 2.45) is 0 Å². The monoisotopic (exact) mass is 355 g/mol. The molecule has 1 aromatic carbocycles. The number of sulfonamides is 1. The molecule has 2 N–H and O–H groups in total. The predicted molar refractivity (Wildman–Crippen MR) is 97.0 cm³/mol. The highest BCUT2D eigenvalue weighted by atomic mass is 32.2. The molecule has 1 heterocycles. The van der Waals surface area contributed by atoms with E-state index in [1.165, 1.54) is 5.56 Å². The van der Waals surface area contributed by atoms with Gasteiger partial charge in [-0.05, 0) is 50.2 Å². The number of likely N-dealkylation sites (N-methyl/N-ethyl adjacent to an activating group) is 1. The van der Waals surface area contributed by atoms with Crippen molar-refractivity contribution in [2.75, 3.05) is 44.7 Å². The van der Waals surface area contributed by atoms with Gasteiger partial charge in [-0.25, -0.2) is 13.1 Å². The van der Waals surface area contributed by atoms with E-state index in [0.717, 1.165) is 38.3 Å². The Labute approximate surface area is 145 Å². The maximum atomic E-state index is 12.6. The van der Waals surface area contributed by atoms with E-state index in [4.69, 9.17) is 0 Å². The van der Waals surface area contributed by atoms with Gasteiger partial charge in [0.05, 0.1) is 11.5 Å². The van der Waals surface area contributed by atoms with Gasteiger partial charge in [-0.3, -0.25) is 0 Å². The second kappa shape index (κ2) is 8.29. The summed E-state index contributed by atoms with van der Waals surface area (Å²) < 4.78 is 27.9. The Morgan fingerprint density at radius 2 is 2.04 bits per heavy atom. The van der Waals surface area contributed by atoms with E-state index < -0.39 is 16.1 Å². The third kappa shape index (κ3) is 4.47. The average molecular weight is 356 g/mol. The summed E-state index contributed by atoms with van der Waals surface area (Å²) in [6, 6.07) is 4.79. The molecule has 2 rings (SSSR count). The van der Waals surface area contributed by atoms with Crippen LogP contribution in [0.1, 0.15) is 25.8 Å². The van der Waals surface area contributed by atoms with E-state index in [2.05, 4.69) is 28.4 Å². The number of aliphatic hydroxyl groups excluding tert-OH is 1. The summed E-state index contributed by atoms with van der Waals surface area (Å²) in [6.45, 7) is 7.44. The Kier molecular flexibility index (Phi) is 6.62. The third-order valence-electron chi connectivity index (χ3n) is 4.73. The summed E-state index contributed by atoms with van der Waals surface area (Å²) in [5.41, 5.74) is 2.15. The molecule has 6 nitrogen and oxygen atoms in total. The summed E-state index contributed by atoms with van der Waals surface area (Å²) in [7, 11) is -1.66. The van der Waals surface area contributed by atoms with E-state index in [1.807, 2.05) is 13.1 Å². The van der Waals surface area contributed by atoms with Gasteiger partial charge >= 0.3 is 0 Å². The first-order chi connectivity index (χ1) is 11.4. The molecule has 0 aromatic heterocycles. The fraction of sp³-hybridized carbons (Fsp3) is 0.647. The van der Waals surface area contributed by atoms with Crippen molar-refractivity contribution >= 4 is 15.7 Å². The number of rotatable bonds is 9. The lowest BCUT2D eigenvalue weighted by atomic mass is 10.2. The zero-order valence-electron chi connectivity index (χ0n) is 14.8. The van der Waals surface area contributed by atoms with Crippen LogP contribution in [0.2, 0.25) is 0 Å². The summed E-state index contributed by atoms with van der Waals surface area (Å²) >= 11 is 0. The van der Waals surface area contributed by atoms with Crippen LogP contribution in [0.25, 0.3) is 0 Å². The normalized spacial score (nSPS) is 15.8. The van der Waals surface area contributed by atoms with Crippen LogP contribution in [0.4, 0.5) is 5.69 Å². The molecule has 7 heteroatoms. The summed E-state index contributed by atoms with van der Waals surface area (Å²) in [4.78, 5) is 4.54. The van der Waals surface area contributed by atoms with Gasteiger partial charge in [0.15, 0.2) is 0 Å². The number of hydrogen-bond donors (Lipinski definition) is 2. The third-order valence-corrected chi connectivity index (χ3v) is 6.24. The van der Waals surface area contributed by atoms with Crippen LogP contribution in [0, 0.1) is 0 Å². The van der Waals surface area contributed by atoms with E-state index >= 15 is 0 Å². The Bertz CT molecular complexity index is 644. The minimum atomic E-state index is -3.63. The van der Waals surface area contributed by atoms with Crippen LogP contribution >= 0.6 is 0 Å². The lowest BCUT2D eigenvalue weighted by molar-refractivity contribution is 0.224. The van der Waals surface area contributed by atoms with E-state index in [9.17, 15) is 13.5 Å². The van der Waals surface area contributed by atoms with Crippen LogP contribution in [0.15, 0.2) is 23.1 Å². The van der Waals surface area contributed by atoms with Gasteiger partial charge in [-0.1, -0.05) is 19.9 Å². The van der Waals surface area contributed by atoms with E-state index in [1.54, 1.807) is 12.1 Å².